The van der Waals surface area contributed by atoms with E-state index in [0.717, 1.165) is 5.56 Å². The van der Waals surface area contributed by atoms with Crippen LogP contribution in [0.2, 0.25) is 0 Å². The first-order valence-corrected chi connectivity index (χ1v) is 9.84. The molecule has 0 unspecified atom stereocenters. The molecular formula is C17H26N4O3S. The van der Waals surface area contributed by atoms with Gasteiger partial charge in [-0.05, 0) is 31.5 Å². The van der Waals surface area contributed by atoms with Crippen molar-refractivity contribution in [1.82, 2.24) is 15.5 Å². The summed E-state index contributed by atoms with van der Waals surface area (Å²) in [7, 11) is 0.206. The second kappa shape index (κ2) is 7.43. The summed E-state index contributed by atoms with van der Waals surface area (Å²) in [6, 6.07) is 7.31. The van der Waals surface area contributed by atoms with E-state index in [1.54, 1.807) is 40.1 Å². The Morgan fingerprint density at radius 1 is 1.28 bits per heavy atom. The van der Waals surface area contributed by atoms with E-state index in [1.165, 1.54) is 0 Å². The van der Waals surface area contributed by atoms with Crippen LogP contribution >= 0.6 is 0 Å². The molecule has 1 amide bonds. The van der Waals surface area contributed by atoms with Gasteiger partial charge in [0.1, 0.15) is 0 Å². The van der Waals surface area contributed by atoms with E-state index in [4.69, 9.17) is 0 Å². The average Bonchev–Trinajstić information content (AvgIpc) is 2.58. The van der Waals surface area contributed by atoms with Gasteiger partial charge in [0, 0.05) is 39.3 Å². The average molecular weight is 366 g/mol. The first-order valence-electron chi connectivity index (χ1n) is 8.19. The normalized spacial score (nSPS) is 19.4. The van der Waals surface area contributed by atoms with E-state index < -0.39 is 14.6 Å². The SMILES string of the molecule is CN=C(NCc1ccc(C(=O)NC)cc1)N1CCS(=O)(=O)C(C)(C)C1. The zero-order valence-electron chi connectivity index (χ0n) is 15.2. The molecule has 0 aromatic heterocycles. The van der Waals surface area contributed by atoms with Crippen molar-refractivity contribution in [2.24, 2.45) is 4.99 Å². The van der Waals surface area contributed by atoms with Gasteiger partial charge in [-0.2, -0.15) is 0 Å². The van der Waals surface area contributed by atoms with Crippen molar-refractivity contribution in [3.8, 4) is 0 Å². The number of sulfone groups is 1. The van der Waals surface area contributed by atoms with Crippen molar-refractivity contribution in [2.75, 3.05) is 32.9 Å². The number of aliphatic imine (C=N–C) groups is 1. The third-order valence-corrected chi connectivity index (χ3v) is 6.98. The van der Waals surface area contributed by atoms with Crippen LogP contribution in [0.15, 0.2) is 29.3 Å². The number of rotatable bonds is 3. The highest BCUT2D eigenvalue weighted by atomic mass is 32.2. The van der Waals surface area contributed by atoms with E-state index >= 15 is 0 Å². The molecule has 1 heterocycles. The van der Waals surface area contributed by atoms with Gasteiger partial charge in [0.05, 0.1) is 10.5 Å². The van der Waals surface area contributed by atoms with Gasteiger partial charge >= 0.3 is 0 Å². The van der Waals surface area contributed by atoms with Crippen molar-refractivity contribution in [1.29, 1.82) is 0 Å². The molecule has 1 fully saturated rings. The van der Waals surface area contributed by atoms with Crippen LogP contribution in [0.1, 0.15) is 29.8 Å². The molecule has 1 aromatic carbocycles. The monoisotopic (exact) mass is 366 g/mol. The molecule has 7 nitrogen and oxygen atoms in total. The van der Waals surface area contributed by atoms with Crippen LogP contribution in [0.25, 0.3) is 0 Å². The van der Waals surface area contributed by atoms with Gasteiger partial charge < -0.3 is 15.5 Å². The van der Waals surface area contributed by atoms with E-state index in [-0.39, 0.29) is 11.7 Å². The molecule has 25 heavy (non-hydrogen) atoms. The number of carbonyl (C=O) groups excluding carboxylic acids is 1. The first-order chi connectivity index (χ1) is 11.7. The van der Waals surface area contributed by atoms with Crippen LogP contribution in [0.5, 0.6) is 0 Å². The molecule has 0 bridgehead atoms. The lowest BCUT2D eigenvalue weighted by Crippen LogP contribution is -2.57. The number of carbonyl (C=O) groups is 1. The fourth-order valence-corrected chi connectivity index (χ4v) is 4.12. The quantitative estimate of drug-likeness (QED) is 0.605. The molecule has 0 saturated carbocycles. The molecule has 8 heteroatoms. The second-order valence-electron chi connectivity index (χ2n) is 6.68. The predicted octanol–water partition coefficient (Wildman–Crippen LogP) is 0.631. The molecule has 138 valence electrons. The van der Waals surface area contributed by atoms with Gasteiger partial charge in [-0.3, -0.25) is 9.79 Å². The minimum absolute atomic E-state index is 0.118. The summed E-state index contributed by atoms with van der Waals surface area (Å²) < 4.78 is 23.5. The molecule has 0 radical (unpaired) electrons. The Hall–Kier alpha value is -2.09. The van der Waals surface area contributed by atoms with Crippen LogP contribution in [0.3, 0.4) is 0 Å². The smallest absolute Gasteiger partial charge is 0.251 e. The van der Waals surface area contributed by atoms with Gasteiger partial charge in [-0.15, -0.1) is 0 Å². The molecule has 2 rings (SSSR count). The van der Waals surface area contributed by atoms with Crippen molar-refractivity contribution >= 4 is 21.7 Å². The number of nitrogens with one attached hydrogen (secondary N) is 2. The minimum atomic E-state index is -3.08. The number of hydrogen-bond acceptors (Lipinski definition) is 4. The Morgan fingerprint density at radius 2 is 1.92 bits per heavy atom. The molecule has 1 aliphatic rings. The van der Waals surface area contributed by atoms with Crippen LogP contribution in [-0.2, 0) is 16.4 Å². The van der Waals surface area contributed by atoms with Crippen molar-refractivity contribution in [3.63, 3.8) is 0 Å². The number of amides is 1. The molecule has 0 atom stereocenters. The fourth-order valence-electron chi connectivity index (χ4n) is 2.76. The summed E-state index contributed by atoms with van der Waals surface area (Å²) in [5.74, 6) is 0.687. The molecule has 0 spiro atoms. The van der Waals surface area contributed by atoms with E-state index in [9.17, 15) is 13.2 Å². The summed E-state index contributed by atoms with van der Waals surface area (Å²) in [6.07, 6.45) is 0. The topological polar surface area (TPSA) is 90.9 Å². The number of nitrogens with zero attached hydrogens (tertiary/aromatic N) is 2. The standard InChI is InChI=1S/C17H26N4O3S/c1-17(2)12-21(9-10-25(17,23)24)16(19-4)20-11-13-5-7-14(8-6-13)15(22)18-3/h5-8H,9-12H2,1-4H3,(H,18,22)(H,19,20). The fraction of sp³-hybridized carbons (Fsp3) is 0.529. The van der Waals surface area contributed by atoms with Gasteiger partial charge in [0.15, 0.2) is 15.8 Å². The van der Waals surface area contributed by atoms with E-state index in [2.05, 4.69) is 15.6 Å². The van der Waals surface area contributed by atoms with Crippen molar-refractivity contribution in [3.05, 3.63) is 35.4 Å². The number of benzene rings is 1. The maximum Gasteiger partial charge on any atom is 0.251 e. The highest BCUT2D eigenvalue weighted by molar-refractivity contribution is 7.92. The maximum atomic E-state index is 12.1. The Morgan fingerprint density at radius 3 is 2.44 bits per heavy atom. The van der Waals surface area contributed by atoms with Crippen LogP contribution in [0.4, 0.5) is 0 Å². The van der Waals surface area contributed by atoms with Gasteiger partial charge in [0.25, 0.3) is 5.91 Å². The van der Waals surface area contributed by atoms with Gasteiger partial charge in [0.2, 0.25) is 0 Å². The predicted molar refractivity (Wildman–Crippen MR) is 99.5 cm³/mol. The van der Waals surface area contributed by atoms with Crippen LogP contribution in [-0.4, -0.2) is 62.9 Å². The first kappa shape index (κ1) is 19.2. The zero-order chi connectivity index (χ0) is 18.7. The van der Waals surface area contributed by atoms with Gasteiger partial charge in [-0.25, -0.2) is 8.42 Å². The number of guanidine groups is 1. The highest BCUT2D eigenvalue weighted by Gasteiger charge is 2.40. The molecule has 2 N–H and O–H groups in total. The van der Waals surface area contributed by atoms with Crippen molar-refractivity contribution in [2.45, 2.75) is 25.1 Å². The summed E-state index contributed by atoms with van der Waals surface area (Å²) in [4.78, 5) is 17.8. The largest absolute Gasteiger partial charge is 0.355 e. The minimum Gasteiger partial charge on any atom is -0.355 e. The number of hydrogen-bond donors (Lipinski definition) is 2. The Bertz CT molecular complexity index is 755. The summed E-state index contributed by atoms with van der Waals surface area (Å²) >= 11 is 0. The van der Waals surface area contributed by atoms with Gasteiger partial charge in [-0.1, -0.05) is 12.1 Å². The lowest BCUT2D eigenvalue weighted by molar-refractivity contribution is 0.0963. The molecular weight excluding hydrogens is 340 g/mol. The second-order valence-corrected chi connectivity index (χ2v) is 9.42. The molecule has 0 aliphatic carbocycles. The molecule has 1 saturated heterocycles. The lowest BCUT2D eigenvalue weighted by atomic mass is 10.1. The Balaban J connectivity index is 2.00. The summed E-state index contributed by atoms with van der Waals surface area (Å²) in [5, 5.41) is 5.85. The van der Waals surface area contributed by atoms with E-state index in [1.807, 2.05) is 17.0 Å². The highest BCUT2D eigenvalue weighted by Crippen LogP contribution is 2.23. The van der Waals surface area contributed by atoms with Crippen LogP contribution in [0, 0.1) is 0 Å². The van der Waals surface area contributed by atoms with Crippen LogP contribution < -0.4 is 10.6 Å². The third kappa shape index (κ3) is 4.31. The third-order valence-electron chi connectivity index (χ3n) is 4.45. The Kier molecular flexibility index (Phi) is 5.72. The zero-order valence-corrected chi connectivity index (χ0v) is 16.0. The molecule has 1 aromatic rings. The van der Waals surface area contributed by atoms with E-state index in [0.29, 0.717) is 31.2 Å². The lowest BCUT2D eigenvalue weighted by Gasteiger charge is -2.39. The van der Waals surface area contributed by atoms with Crippen molar-refractivity contribution < 1.29 is 13.2 Å². The summed E-state index contributed by atoms with van der Waals surface area (Å²) in [6.45, 7) is 4.88. The Labute approximate surface area is 149 Å². The molecule has 1 aliphatic heterocycles. The maximum absolute atomic E-state index is 12.1. The summed E-state index contributed by atoms with van der Waals surface area (Å²) in [5.41, 5.74) is 1.62.